The van der Waals surface area contributed by atoms with E-state index in [0.717, 1.165) is 42.6 Å². The summed E-state index contributed by atoms with van der Waals surface area (Å²) in [6, 6.07) is 13.2. The first kappa shape index (κ1) is 25.3. The van der Waals surface area contributed by atoms with Crippen molar-refractivity contribution < 1.29 is 18.7 Å². The van der Waals surface area contributed by atoms with Gasteiger partial charge in [-0.25, -0.2) is 9.18 Å². The first-order valence-electron chi connectivity index (χ1n) is 11.9. The molecule has 1 atom stereocenters. The molecule has 0 aliphatic carbocycles. The van der Waals surface area contributed by atoms with Gasteiger partial charge in [-0.15, -0.1) is 0 Å². The quantitative estimate of drug-likeness (QED) is 0.414. The van der Waals surface area contributed by atoms with Crippen LogP contribution < -0.4 is 10.1 Å². The fraction of sp³-hybridized carbons (Fsp3) is 0.407. The summed E-state index contributed by atoms with van der Waals surface area (Å²) in [7, 11) is 1.61. The summed E-state index contributed by atoms with van der Waals surface area (Å²) in [5.74, 6) is 0.239. The van der Waals surface area contributed by atoms with E-state index in [1.165, 1.54) is 17.0 Å². The normalized spacial score (nSPS) is 17.1. The van der Waals surface area contributed by atoms with Gasteiger partial charge in [0.1, 0.15) is 18.1 Å². The summed E-state index contributed by atoms with van der Waals surface area (Å²) in [6.45, 7) is 3.36. The summed E-state index contributed by atoms with van der Waals surface area (Å²) in [4.78, 5) is 29.4. The Balaban J connectivity index is 1.79. The number of nitrogens with zero attached hydrogens (tertiary/aromatic N) is 2. The molecule has 6 nitrogen and oxygen atoms in total. The first-order chi connectivity index (χ1) is 16.5. The molecule has 3 rings (SSSR count). The number of hydrogen-bond acceptors (Lipinski definition) is 3. The van der Waals surface area contributed by atoms with Crippen LogP contribution in [0, 0.1) is 5.82 Å². The lowest BCUT2D eigenvalue weighted by Gasteiger charge is -2.34. The third-order valence-corrected chi connectivity index (χ3v) is 5.94. The second-order valence-electron chi connectivity index (χ2n) is 8.47. The standard InChI is InChI=1S/C27H34FN3O3/c1-3-4-5-6-17-29-27(33)30-18-7-8-25(22-11-15-24(34-2)16-12-22)31(26(32)20-30)19-21-9-13-23(28)14-10-21/h7-16,25H,3-6,17-20H2,1-2H3,(H,29,33)/b8-7-. The minimum absolute atomic E-state index is 0.0288. The van der Waals surface area contributed by atoms with E-state index in [2.05, 4.69) is 12.2 Å². The van der Waals surface area contributed by atoms with Crippen molar-refractivity contribution in [3.05, 3.63) is 77.6 Å². The second-order valence-corrected chi connectivity index (χ2v) is 8.47. The SMILES string of the molecule is CCCCCCNC(=O)N1C/C=C\C(c2ccc(OC)cc2)N(Cc2ccc(F)cc2)C(=O)C1. The van der Waals surface area contributed by atoms with Gasteiger partial charge in [-0.05, 0) is 41.8 Å². The van der Waals surface area contributed by atoms with E-state index in [4.69, 9.17) is 4.74 Å². The second kappa shape index (κ2) is 12.8. The largest absolute Gasteiger partial charge is 0.497 e. The molecule has 7 heteroatoms. The molecular weight excluding hydrogens is 433 g/mol. The minimum Gasteiger partial charge on any atom is -0.497 e. The Hall–Kier alpha value is -3.35. The van der Waals surface area contributed by atoms with Gasteiger partial charge in [0, 0.05) is 19.6 Å². The molecule has 0 radical (unpaired) electrons. The molecule has 2 aromatic carbocycles. The highest BCUT2D eigenvalue weighted by Gasteiger charge is 2.28. The Morgan fingerprint density at radius 3 is 2.50 bits per heavy atom. The Morgan fingerprint density at radius 1 is 1.09 bits per heavy atom. The van der Waals surface area contributed by atoms with E-state index < -0.39 is 0 Å². The lowest BCUT2D eigenvalue weighted by Crippen LogP contribution is -2.48. The van der Waals surface area contributed by atoms with Gasteiger partial charge in [-0.3, -0.25) is 4.79 Å². The summed E-state index contributed by atoms with van der Waals surface area (Å²) in [5, 5.41) is 2.93. The summed E-state index contributed by atoms with van der Waals surface area (Å²) >= 11 is 0. The van der Waals surface area contributed by atoms with E-state index >= 15 is 0 Å². The minimum atomic E-state index is -0.323. The van der Waals surface area contributed by atoms with Gasteiger partial charge >= 0.3 is 6.03 Å². The number of unbranched alkanes of at least 4 members (excludes halogenated alkanes) is 3. The molecule has 34 heavy (non-hydrogen) atoms. The predicted octanol–water partition coefficient (Wildman–Crippen LogP) is 5.07. The zero-order valence-corrected chi connectivity index (χ0v) is 20.0. The molecule has 1 unspecified atom stereocenters. The molecule has 3 amide bonds. The third kappa shape index (κ3) is 7.07. The fourth-order valence-electron chi connectivity index (χ4n) is 3.97. The fourth-order valence-corrected chi connectivity index (χ4v) is 3.97. The maximum absolute atomic E-state index is 13.4. The van der Waals surface area contributed by atoms with Gasteiger partial charge in [0.15, 0.2) is 0 Å². The Bertz CT molecular complexity index is 960. The Kier molecular flexibility index (Phi) is 9.50. The van der Waals surface area contributed by atoms with Crippen molar-refractivity contribution in [1.29, 1.82) is 0 Å². The van der Waals surface area contributed by atoms with Gasteiger partial charge in [-0.2, -0.15) is 0 Å². The van der Waals surface area contributed by atoms with Crippen LogP contribution in [0.5, 0.6) is 5.75 Å². The van der Waals surface area contributed by atoms with Crippen LogP contribution in [0.25, 0.3) is 0 Å². The lowest BCUT2D eigenvalue weighted by molar-refractivity contribution is -0.134. The lowest BCUT2D eigenvalue weighted by atomic mass is 10.0. The highest BCUT2D eigenvalue weighted by atomic mass is 19.1. The van der Waals surface area contributed by atoms with Crippen molar-refractivity contribution in [1.82, 2.24) is 15.1 Å². The van der Waals surface area contributed by atoms with E-state index in [-0.39, 0.29) is 30.3 Å². The molecule has 1 aliphatic heterocycles. The number of urea groups is 1. The van der Waals surface area contributed by atoms with Crippen LogP contribution in [0.4, 0.5) is 9.18 Å². The highest BCUT2D eigenvalue weighted by Crippen LogP contribution is 2.28. The number of amides is 3. The number of carbonyl (C=O) groups excluding carboxylic acids is 2. The first-order valence-corrected chi connectivity index (χ1v) is 11.9. The molecule has 0 saturated heterocycles. The molecule has 2 aromatic rings. The van der Waals surface area contributed by atoms with Crippen LogP contribution in [0.15, 0.2) is 60.7 Å². The summed E-state index contributed by atoms with van der Waals surface area (Å²) in [5.41, 5.74) is 1.75. The number of ether oxygens (including phenoxy) is 1. The van der Waals surface area contributed by atoms with Crippen LogP contribution in [-0.2, 0) is 11.3 Å². The maximum Gasteiger partial charge on any atom is 0.318 e. The molecule has 0 aromatic heterocycles. The summed E-state index contributed by atoms with van der Waals surface area (Å²) in [6.07, 6.45) is 8.15. The van der Waals surface area contributed by atoms with E-state index in [1.54, 1.807) is 24.1 Å². The molecule has 182 valence electrons. The van der Waals surface area contributed by atoms with Crippen molar-refractivity contribution >= 4 is 11.9 Å². The van der Waals surface area contributed by atoms with Crippen LogP contribution >= 0.6 is 0 Å². The highest BCUT2D eigenvalue weighted by molar-refractivity contribution is 5.85. The number of halogens is 1. The van der Waals surface area contributed by atoms with Gasteiger partial charge in [0.2, 0.25) is 5.91 Å². The smallest absolute Gasteiger partial charge is 0.318 e. The monoisotopic (exact) mass is 467 g/mol. The van der Waals surface area contributed by atoms with Crippen molar-refractivity contribution in [3.63, 3.8) is 0 Å². The average molecular weight is 468 g/mol. The van der Waals surface area contributed by atoms with Crippen LogP contribution in [-0.4, -0.2) is 48.5 Å². The summed E-state index contributed by atoms with van der Waals surface area (Å²) < 4.78 is 18.7. The van der Waals surface area contributed by atoms with Crippen molar-refractivity contribution in [2.75, 3.05) is 26.7 Å². The third-order valence-electron chi connectivity index (χ3n) is 5.94. The number of methoxy groups -OCH3 is 1. The molecule has 0 bridgehead atoms. The molecule has 0 spiro atoms. The molecule has 0 saturated carbocycles. The maximum atomic E-state index is 13.4. The van der Waals surface area contributed by atoms with Crippen LogP contribution in [0.2, 0.25) is 0 Å². The van der Waals surface area contributed by atoms with Crippen molar-refractivity contribution in [2.24, 2.45) is 0 Å². The zero-order chi connectivity index (χ0) is 24.3. The van der Waals surface area contributed by atoms with Crippen molar-refractivity contribution in [3.8, 4) is 5.75 Å². The number of benzene rings is 2. The average Bonchev–Trinajstić information content (AvgIpc) is 2.84. The number of rotatable bonds is 9. The van der Waals surface area contributed by atoms with E-state index in [0.29, 0.717) is 19.6 Å². The zero-order valence-electron chi connectivity index (χ0n) is 20.0. The van der Waals surface area contributed by atoms with Gasteiger partial charge in [-0.1, -0.05) is 62.6 Å². The molecular formula is C27H34FN3O3. The van der Waals surface area contributed by atoms with E-state index in [1.807, 2.05) is 36.4 Å². The number of carbonyl (C=O) groups is 2. The van der Waals surface area contributed by atoms with Gasteiger partial charge in [0.25, 0.3) is 0 Å². The van der Waals surface area contributed by atoms with Crippen LogP contribution in [0.1, 0.15) is 49.8 Å². The van der Waals surface area contributed by atoms with Gasteiger partial charge in [0.05, 0.1) is 13.2 Å². The number of nitrogens with one attached hydrogen (secondary N) is 1. The Morgan fingerprint density at radius 2 is 1.82 bits per heavy atom. The van der Waals surface area contributed by atoms with E-state index in [9.17, 15) is 14.0 Å². The van der Waals surface area contributed by atoms with Gasteiger partial charge < -0.3 is 19.9 Å². The molecule has 1 heterocycles. The molecule has 0 fully saturated rings. The van der Waals surface area contributed by atoms with Crippen molar-refractivity contribution in [2.45, 2.75) is 45.2 Å². The predicted molar refractivity (Wildman–Crippen MR) is 131 cm³/mol. The number of hydrogen-bond donors (Lipinski definition) is 1. The van der Waals surface area contributed by atoms with Crippen LogP contribution in [0.3, 0.4) is 0 Å². The molecule has 1 aliphatic rings. The molecule has 1 N–H and O–H groups in total. The topological polar surface area (TPSA) is 61.9 Å². The Labute approximate surface area is 201 Å².